The van der Waals surface area contributed by atoms with Crippen molar-refractivity contribution in [1.29, 1.82) is 0 Å². The second-order valence-corrected chi connectivity index (χ2v) is 7.60. The van der Waals surface area contributed by atoms with Crippen LogP contribution in [0.4, 0.5) is 0 Å². The summed E-state index contributed by atoms with van der Waals surface area (Å²) in [6.07, 6.45) is 0. The first-order valence-electron chi connectivity index (χ1n) is 7.75. The molecule has 25 heavy (non-hydrogen) atoms. The number of nitrogens with one attached hydrogen (secondary N) is 1. The summed E-state index contributed by atoms with van der Waals surface area (Å²) in [5, 5.41) is 7.25. The van der Waals surface area contributed by atoms with Crippen LogP contribution >= 0.6 is 23.5 Å². The fraction of sp³-hybridized carbons (Fsp3) is 0.375. The number of amides is 1. The summed E-state index contributed by atoms with van der Waals surface area (Å²) >= 11 is 2.81. The monoisotopic (exact) mass is 378 g/mol. The Kier molecular flexibility index (Phi) is 5.98. The summed E-state index contributed by atoms with van der Waals surface area (Å²) < 4.78 is 4.76. The van der Waals surface area contributed by atoms with E-state index in [-0.39, 0.29) is 22.9 Å². The highest BCUT2D eigenvalue weighted by Crippen LogP contribution is 2.22. The van der Waals surface area contributed by atoms with E-state index < -0.39 is 0 Å². The van der Waals surface area contributed by atoms with Gasteiger partial charge in [-0.05, 0) is 0 Å². The Morgan fingerprint density at radius 3 is 2.96 bits per heavy atom. The number of aromatic amines is 1. The van der Waals surface area contributed by atoms with Crippen LogP contribution in [0.2, 0.25) is 0 Å². The first-order valence-corrected chi connectivity index (χ1v) is 9.78. The molecule has 1 atom stereocenters. The van der Waals surface area contributed by atoms with Gasteiger partial charge in [0, 0.05) is 24.4 Å². The Morgan fingerprint density at radius 2 is 2.20 bits per heavy atom. The molecule has 1 aliphatic heterocycles. The van der Waals surface area contributed by atoms with Crippen LogP contribution in [0.5, 0.6) is 0 Å². The van der Waals surface area contributed by atoms with Gasteiger partial charge in [0.15, 0.2) is 5.82 Å². The van der Waals surface area contributed by atoms with Crippen molar-refractivity contribution in [3.8, 4) is 11.4 Å². The number of carbonyl (C=O) groups is 2. The molecule has 0 spiro atoms. The first kappa shape index (κ1) is 17.8. The quantitative estimate of drug-likeness (QED) is 0.625. The van der Waals surface area contributed by atoms with Gasteiger partial charge in [0.05, 0.1) is 12.9 Å². The lowest BCUT2D eigenvalue weighted by atomic mass is 10.2. The summed E-state index contributed by atoms with van der Waals surface area (Å²) in [6, 6.07) is 9.68. The minimum absolute atomic E-state index is 0.0229. The average Bonchev–Trinajstić information content (AvgIpc) is 3.15. The summed E-state index contributed by atoms with van der Waals surface area (Å²) in [5.41, 5.74) is 0.946. The van der Waals surface area contributed by atoms with Crippen molar-refractivity contribution in [2.75, 3.05) is 31.7 Å². The number of hydrogen-bond acceptors (Lipinski definition) is 7. The van der Waals surface area contributed by atoms with Crippen LogP contribution < -0.4 is 0 Å². The average molecular weight is 378 g/mol. The number of H-pyrrole nitrogens is 1. The second kappa shape index (κ2) is 8.39. The molecule has 1 aromatic heterocycles. The maximum atomic E-state index is 12.4. The molecule has 0 radical (unpaired) electrons. The van der Waals surface area contributed by atoms with E-state index in [2.05, 4.69) is 15.2 Å². The largest absolute Gasteiger partial charge is 0.468 e. The molecule has 1 aromatic carbocycles. The van der Waals surface area contributed by atoms with E-state index in [1.165, 1.54) is 30.6 Å². The molecular formula is C16H18N4O3S2. The molecule has 1 saturated heterocycles. The number of carbonyl (C=O) groups excluding carboxylic acids is 2. The number of benzene rings is 1. The molecule has 132 valence electrons. The van der Waals surface area contributed by atoms with Gasteiger partial charge in [-0.25, -0.2) is 4.98 Å². The smallest absolute Gasteiger partial charge is 0.320 e. The molecule has 2 aromatic rings. The third kappa shape index (κ3) is 4.55. The summed E-state index contributed by atoms with van der Waals surface area (Å²) in [4.78, 5) is 30.1. The van der Waals surface area contributed by atoms with Crippen LogP contribution in [0.1, 0.15) is 0 Å². The number of aromatic nitrogens is 3. The predicted octanol–water partition coefficient (Wildman–Crippen LogP) is 1.68. The highest BCUT2D eigenvalue weighted by molar-refractivity contribution is 8.00. The normalized spacial score (nSPS) is 17.3. The molecule has 0 aliphatic carbocycles. The highest BCUT2D eigenvalue weighted by Gasteiger charge is 2.29. The van der Waals surface area contributed by atoms with Crippen molar-refractivity contribution < 1.29 is 14.3 Å². The van der Waals surface area contributed by atoms with E-state index in [1.54, 1.807) is 4.90 Å². The summed E-state index contributed by atoms with van der Waals surface area (Å²) in [7, 11) is 1.37. The molecule has 7 nitrogen and oxygen atoms in total. The van der Waals surface area contributed by atoms with Gasteiger partial charge in [0.25, 0.3) is 0 Å². The summed E-state index contributed by atoms with van der Waals surface area (Å²) in [5.74, 6) is 1.34. The van der Waals surface area contributed by atoms with Gasteiger partial charge < -0.3 is 9.64 Å². The van der Waals surface area contributed by atoms with Gasteiger partial charge in [0.2, 0.25) is 11.1 Å². The fourth-order valence-electron chi connectivity index (χ4n) is 2.40. The number of ether oxygens (including phenoxy) is 1. The molecule has 3 rings (SSSR count). The molecule has 1 amide bonds. The maximum absolute atomic E-state index is 12.4. The molecule has 1 aliphatic rings. The van der Waals surface area contributed by atoms with Crippen molar-refractivity contribution in [2.45, 2.75) is 10.4 Å². The van der Waals surface area contributed by atoms with Crippen molar-refractivity contribution in [3.05, 3.63) is 30.3 Å². The lowest BCUT2D eigenvalue weighted by Gasteiger charge is -2.30. The molecule has 0 bridgehead atoms. The Bertz CT molecular complexity index is 738. The number of esters is 1. The Balaban J connectivity index is 1.54. The molecule has 2 heterocycles. The topological polar surface area (TPSA) is 88.2 Å². The Hall–Kier alpha value is -2.00. The zero-order chi connectivity index (χ0) is 17.6. The van der Waals surface area contributed by atoms with Crippen LogP contribution in [-0.2, 0) is 14.3 Å². The third-order valence-corrected chi connectivity index (χ3v) is 5.71. The van der Waals surface area contributed by atoms with E-state index in [0.717, 1.165) is 11.3 Å². The van der Waals surface area contributed by atoms with Crippen molar-refractivity contribution in [3.63, 3.8) is 0 Å². The highest BCUT2D eigenvalue weighted by atomic mass is 32.2. The van der Waals surface area contributed by atoms with E-state index in [4.69, 9.17) is 4.74 Å². The minimum atomic E-state index is -0.305. The van der Waals surface area contributed by atoms with Crippen LogP contribution in [0.25, 0.3) is 11.4 Å². The Labute approximate surface area is 153 Å². The zero-order valence-corrected chi connectivity index (χ0v) is 15.3. The Morgan fingerprint density at radius 1 is 1.40 bits per heavy atom. The number of methoxy groups -OCH3 is 1. The van der Waals surface area contributed by atoms with Crippen molar-refractivity contribution in [1.82, 2.24) is 20.1 Å². The maximum Gasteiger partial charge on any atom is 0.320 e. The molecule has 9 heteroatoms. The fourth-order valence-corrected chi connectivity index (χ4v) is 4.23. The SMILES string of the molecule is COC(=O)[C@@H]1CN(C(=O)CSc2n[nH]c(-c3ccccc3)n2)CCS1. The van der Waals surface area contributed by atoms with E-state index in [1.807, 2.05) is 30.3 Å². The van der Waals surface area contributed by atoms with E-state index >= 15 is 0 Å². The predicted molar refractivity (Wildman–Crippen MR) is 97.4 cm³/mol. The lowest BCUT2D eigenvalue weighted by molar-refractivity contribution is -0.141. The van der Waals surface area contributed by atoms with Gasteiger partial charge >= 0.3 is 5.97 Å². The zero-order valence-electron chi connectivity index (χ0n) is 13.7. The standard InChI is InChI=1S/C16H18N4O3S2/c1-23-15(22)12-9-20(7-8-24-12)13(21)10-25-16-17-14(18-19-16)11-5-3-2-4-6-11/h2-6,12H,7-10H2,1H3,(H,17,18,19)/t12-/m0/s1. The van der Waals surface area contributed by atoms with Crippen LogP contribution in [-0.4, -0.2) is 68.9 Å². The van der Waals surface area contributed by atoms with E-state index in [9.17, 15) is 9.59 Å². The number of thioether (sulfide) groups is 2. The second-order valence-electron chi connectivity index (χ2n) is 5.34. The molecule has 0 saturated carbocycles. The molecule has 1 N–H and O–H groups in total. The summed E-state index contributed by atoms with van der Waals surface area (Å²) in [6.45, 7) is 1.03. The van der Waals surface area contributed by atoms with Crippen molar-refractivity contribution in [2.24, 2.45) is 0 Å². The first-order chi connectivity index (χ1) is 12.2. The van der Waals surface area contributed by atoms with Gasteiger partial charge in [-0.3, -0.25) is 14.7 Å². The number of hydrogen-bond donors (Lipinski definition) is 1. The van der Waals surface area contributed by atoms with Crippen molar-refractivity contribution >= 4 is 35.4 Å². The lowest BCUT2D eigenvalue weighted by Crippen LogP contribution is -2.45. The van der Waals surface area contributed by atoms with Gasteiger partial charge in [-0.15, -0.1) is 16.9 Å². The molecule has 0 unspecified atom stereocenters. The minimum Gasteiger partial charge on any atom is -0.468 e. The molecular weight excluding hydrogens is 360 g/mol. The van der Waals surface area contributed by atoms with Crippen LogP contribution in [0.15, 0.2) is 35.5 Å². The van der Waals surface area contributed by atoms with Crippen LogP contribution in [0.3, 0.4) is 0 Å². The van der Waals surface area contributed by atoms with Gasteiger partial charge in [0.1, 0.15) is 5.25 Å². The number of nitrogens with zero attached hydrogens (tertiary/aromatic N) is 3. The third-order valence-electron chi connectivity index (χ3n) is 3.72. The van der Waals surface area contributed by atoms with E-state index in [0.29, 0.717) is 24.1 Å². The van der Waals surface area contributed by atoms with Crippen LogP contribution in [0, 0.1) is 0 Å². The van der Waals surface area contributed by atoms with Gasteiger partial charge in [-0.2, -0.15) is 0 Å². The molecule has 1 fully saturated rings. The van der Waals surface area contributed by atoms with Gasteiger partial charge in [-0.1, -0.05) is 42.1 Å². The number of rotatable bonds is 5.